The number of carbonyl (C=O) groups is 1. The second kappa shape index (κ2) is 8.26. The number of nitrogens with zero attached hydrogens (tertiary/aromatic N) is 2. The molecule has 0 fully saturated rings. The van der Waals surface area contributed by atoms with Gasteiger partial charge in [-0.25, -0.2) is 4.39 Å². The largest absolute Gasteiger partial charge is 0.360 e. The molecule has 0 aliphatic carbocycles. The van der Waals surface area contributed by atoms with Gasteiger partial charge < -0.3 is 10.6 Å². The molecule has 0 aliphatic rings. The lowest BCUT2D eigenvalue weighted by Gasteiger charge is -2.05. The van der Waals surface area contributed by atoms with Crippen LogP contribution in [0.3, 0.4) is 0 Å². The first-order valence-corrected chi connectivity index (χ1v) is 9.00. The molecule has 0 unspecified atom stereocenters. The summed E-state index contributed by atoms with van der Waals surface area (Å²) in [6.07, 6.45) is 0. The number of rotatable bonds is 7. The standard InChI is InChI=1S/C15H19FN4OS2/c1-9(2)7-17-14-19-20-15(23-14)22-8-13(21)18-11-5-4-10(3)12(16)6-11/h4-6,9H,7-8H2,1-3H3,(H,17,19)(H,18,21). The Kier molecular flexibility index (Phi) is 6.35. The molecule has 0 saturated heterocycles. The topological polar surface area (TPSA) is 66.9 Å². The van der Waals surface area contributed by atoms with E-state index in [0.29, 0.717) is 17.2 Å². The molecular formula is C15H19FN4OS2. The Labute approximate surface area is 143 Å². The minimum atomic E-state index is -0.333. The summed E-state index contributed by atoms with van der Waals surface area (Å²) in [4.78, 5) is 11.9. The Balaban J connectivity index is 1.81. The van der Waals surface area contributed by atoms with E-state index in [9.17, 15) is 9.18 Å². The molecule has 1 heterocycles. The normalized spacial score (nSPS) is 10.8. The number of hydrogen-bond acceptors (Lipinski definition) is 6. The van der Waals surface area contributed by atoms with Gasteiger partial charge in [-0.1, -0.05) is 43.0 Å². The number of aromatic nitrogens is 2. The maximum atomic E-state index is 13.4. The third kappa shape index (κ3) is 5.80. The summed E-state index contributed by atoms with van der Waals surface area (Å²) in [5, 5.41) is 14.7. The zero-order valence-corrected chi connectivity index (χ0v) is 14.9. The first-order chi connectivity index (χ1) is 10.9. The van der Waals surface area contributed by atoms with Crippen molar-refractivity contribution in [3.8, 4) is 0 Å². The molecule has 5 nitrogen and oxygen atoms in total. The summed E-state index contributed by atoms with van der Waals surface area (Å²) in [7, 11) is 0. The van der Waals surface area contributed by atoms with E-state index in [-0.39, 0.29) is 17.5 Å². The Bertz CT molecular complexity index is 675. The van der Waals surface area contributed by atoms with Crippen molar-refractivity contribution in [2.45, 2.75) is 25.1 Å². The highest BCUT2D eigenvalue weighted by atomic mass is 32.2. The van der Waals surface area contributed by atoms with Gasteiger partial charge in [0, 0.05) is 12.2 Å². The summed E-state index contributed by atoms with van der Waals surface area (Å²) in [5.41, 5.74) is 1.00. The van der Waals surface area contributed by atoms with Crippen LogP contribution in [-0.2, 0) is 4.79 Å². The summed E-state index contributed by atoms with van der Waals surface area (Å²) < 4.78 is 14.2. The Morgan fingerprint density at radius 2 is 2.17 bits per heavy atom. The highest BCUT2D eigenvalue weighted by Crippen LogP contribution is 2.25. The molecule has 1 aromatic heterocycles. The summed E-state index contributed by atoms with van der Waals surface area (Å²) >= 11 is 2.73. The van der Waals surface area contributed by atoms with Crippen LogP contribution in [0.4, 0.5) is 15.2 Å². The average molecular weight is 354 g/mol. The summed E-state index contributed by atoms with van der Waals surface area (Å²) in [6, 6.07) is 4.63. The van der Waals surface area contributed by atoms with Crippen molar-refractivity contribution in [3.63, 3.8) is 0 Å². The van der Waals surface area contributed by atoms with Gasteiger partial charge in [0.15, 0.2) is 4.34 Å². The molecule has 2 rings (SSSR count). The quantitative estimate of drug-likeness (QED) is 0.741. The van der Waals surface area contributed by atoms with Crippen molar-refractivity contribution in [1.82, 2.24) is 10.2 Å². The fourth-order valence-corrected chi connectivity index (χ4v) is 3.18. The molecule has 0 saturated carbocycles. The van der Waals surface area contributed by atoms with Crippen LogP contribution in [0.1, 0.15) is 19.4 Å². The third-order valence-corrected chi connectivity index (χ3v) is 4.86. The molecule has 8 heteroatoms. The van der Waals surface area contributed by atoms with Crippen LogP contribution in [0, 0.1) is 18.7 Å². The Morgan fingerprint density at radius 1 is 1.39 bits per heavy atom. The Hall–Kier alpha value is -1.67. The second-order valence-electron chi connectivity index (χ2n) is 5.45. The van der Waals surface area contributed by atoms with Crippen LogP contribution in [0.5, 0.6) is 0 Å². The van der Waals surface area contributed by atoms with Gasteiger partial charge in [0.1, 0.15) is 5.82 Å². The minimum absolute atomic E-state index is 0.203. The molecule has 0 spiro atoms. The molecule has 23 heavy (non-hydrogen) atoms. The molecule has 124 valence electrons. The van der Waals surface area contributed by atoms with E-state index >= 15 is 0 Å². The Morgan fingerprint density at radius 3 is 2.87 bits per heavy atom. The van der Waals surface area contributed by atoms with Gasteiger partial charge in [-0.3, -0.25) is 4.79 Å². The lowest BCUT2D eigenvalue weighted by molar-refractivity contribution is -0.113. The number of halogens is 1. The summed E-state index contributed by atoms with van der Waals surface area (Å²) in [6.45, 7) is 6.74. The molecule has 1 amide bonds. The van der Waals surface area contributed by atoms with Crippen molar-refractivity contribution in [2.24, 2.45) is 5.92 Å². The van der Waals surface area contributed by atoms with Gasteiger partial charge in [0.05, 0.1) is 5.75 Å². The highest BCUT2D eigenvalue weighted by Gasteiger charge is 2.09. The van der Waals surface area contributed by atoms with Gasteiger partial charge >= 0.3 is 0 Å². The highest BCUT2D eigenvalue weighted by molar-refractivity contribution is 8.01. The van der Waals surface area contributed by atoms with E-state index < -0.39 is 0 Å². The van der Waals surface area contributed by atoms with Gasteiger partial charge in [0.2, 0.25) is 11.0 Å². The number of amides is 1. The number of aryl methyl sites for hydroxylation is 1. The van der Waals surface area contributed by atoms with Crippen LogP contribution in [0.25, 0.3) is 0 Å². The second-order valence-corrected chi connectivity index (χ2v) is 7.65. The van der Waals surface area contributed by atoms with Crippen molar-refractivity contribution >= 4 is 39.8 Å². The van der Waals surface area contributed by atoms with E-state index in [0.717, 1.165) is 16.0 Å². The van der Waals surface area contributed by atoms with E-state index in [1.165, 1.54) is 29.2 Å². The number of hydrogen-bond donors (Lipinski definition) is 2. The monoisotopic (exact) mass is 354 g/mol. The number of anilines is 2. The van der Waals surface area contributed by atoms with Crippen LogP contribution < -0.4 is 10.6 Å². The molecule has 2 aromatic rings. The number of thioether (sulfide) groups is 1. The van der Waals surface area contributed by atoms with E-state index in [4.69, 9.17) is 0 Å². The fourth-order valence-electron chi connectivity index (χ4n) is 1.63. The SMILES string of the molecule is Cc1ccc(NC(=O)CSc2nnc(NCC(C)C)s2)cc1F. The molecule has 2 N–H and O–H groups in total. The minimum Gasteiger partial charge on any atom is -0.360 e. The zero-order valence-electron chi connectivity index (χ0n) is 13.2. The zero-order chi connectivity index (χ0) is 16.8. The van der Waals surface area contributed by atoms with E-state index in [2.05, 4.69) is 34.7 Å². The van der Waals surface area contributed by atoms with Gasteiger partial charge in [-0.05, 0) is 30.5 Å². The molecule has 1 aromatic carbocycles. The number of benzene rings is 1. The lowest BCUT2D eigenvalue weighted by Crippen LogP contribution is -2.14. The first-order valence-electron chi connectivity index (χ1n) is 7.20. The van der Waals surface area contributed by atoms with Crippen molar-refractivity contribution in [2.75, 3.05) is 22.9 Å². The number of nitrogens with one attached hydrogen (secondary N) is 2. The number of carbonyl (C=O) groups excluding carboxylic acids is 1. The maximum absolute atomic E-state index is 13.4. The van der Waals surface area contributed by atoms with Gasteiger partial charge in [0.25, 0.3) is 0 Å². The molecule has 0 bridgehead atoms. The van der Waals surface area contributed by atoms with Crippen LogP contribution >= 0.6 is 23.1 Å². The molecular weight excluding hydrogens is 335 g/mol. The predicted octanol–water partition coefficient (Wildman–Crippen LogP) is 3.78. The first kappa shape index (κ1) is 17.7. The van der Waals surface area contributed by atoms with Gasteiger partial charge in [-0.2, -0.15) is 0 Å². The van der Waals surface area contributed by atoms with Gasteiger partial charge in [-0.15, -0.1) is 10.2 Å². The third-order valence-electron chi connectivity index (χ3n) is 2.85. The van der Waals surface area contributed by atoms with Crippen LogP contribution in [-0.4, -0.2) is 28.4 Å². The van der Waals surface area contributed by atoms with Crippen LogP contribution in [0.15, 0.2) is 22.5 Å². The van der Waals surface area contributed by atoms with Crippen molar-refractivity contribution < 1.29 is 9.18 Å². The molecule has 0 atom stereocenters. The fraction of sp³-hybridized carbons (Fsp3) is 0.400. The maximum Gasteiger partial charge on any atom is 0.234 e. The van der Waals surface area contributed by atoms with Crippen molar-refractivity contribution in [1.29, 1.82) is 0 Å². The summed E-state index contributed by atoms with van der Waals surface area (Å²) in [5.74, 6) is 0.190. The van der Waals surface area contributed by atoms with E-state index in [1.807, 2.05) is 0 Å². The molecule has 0 radical (unpaired) electrons. The van der Waals surface area contributed by atoms with Crippen molar-refractivity contribution in [3.05, 3.63) is 29.6 Å². The average Bonchev–Trinajstić information content (AvgIpc) is 2.95. The smallest absolute Gasteiger partial charge is 0.234 e. The lowest BCUT2D eigenvalue weighted by atomic mass is 10.2. The van der Waals surface area contributed by atoms with Crippen LogP contribution in [0.2, 0.25) is 0 Å². The predicted molar refractivity (Wildman–Crippen MR) is 93.7 cm³/mol. The molecule has 0 aliphatic heterocycles. The van der Waals surface area contributed by atoms with E-state index in [1.54, 1.807) is 19.1 Å².